The Hall–Kier alpha value is -3.73. The van der Waals surface area contributed by atoms with Gasteiger partial charge in [-0.3, -0.25) is 4.79 Å². The van der Waals surface area contributed by atoms with Crippen LogP contribution in [0.1, 0.15) is 18.1 Å². The fourth-order valence-corrected chi connectivity index (χ4v) is 3.04. The first-order valence-electron chi connectivity index (χ1n) is 8.68. The van der Waals surface area contributed by atoms with Crippen molar-refractivity contribution in [2.24, 2.45) is 7.05 Å². The number of halogens is 2. The van der Waals surface area contributed by atoms with E-state index in [0.717, 1.165) is 6.08 Å². The summed E-state index contributed by atoms with van der Waals surface area (Å²) in [4.78, 5) is 16.0. The Morgan fingerprint density at radius 3 is 2.69 bits per heavy atom. The number of imidazole rings is 1. The lowest BCUT2D eigenvalue weighted by atomic mass is 9.97. The van der Waals surface area contributed by atoms with Gasteiger partial charge in [-0.2, -0.15) is 14.0 Å². The molecule has 0 atom stereocenters. The molecule has 0 saturated heterocycles. The number of carbonyl (C=O) groups is 1. The molecule has 0 fully saturated rings. The van der Waals surface area contributed by atoms with Crippen LogP contribution < -0.4 is 10.1 Å². The molecule has 3 rings (SSSR count). The number of rotatable bonds is 6. The summed E-state index contributed by atoms with van der Waals surface area (Å²) in [5, 5.41) is 12.3. The van der Waals surface area contributed by atoms with E-state index in [4.69, 9.17) is 0 Å². The van der Waals surface area contributed by atoms with Crippen molar-refractivity contribution in [1.29, 1.82) is 5.26 Å². The molecule has 1 amide bonds. The Kier molecular flexibility index (Phi) is 5.33. The lowest BCUT2D eigenvalue weighted by molar-refractivity contribution is -0.158. The van der Waals surface area contributed by atoms with E-state index in [1.165, 1.54) is 12.1 Å². The second-order valence-corrected chi connectivity index (χ2v) is 6.48. The molecule has 0 saturated carbocycles. The van der Waals surface area contributed by atoms with E-state index in [1.807, 2.05) is 0 Å². The summed E-state index contributed by atoms with van der Waals surface area (Å²) in [6.45, 7) is 4.21. The lowest BCUT2D eigenvalue weighted by Gasteiger charge is -2.14. The maximum Gasteiger partial charge on any atom is 0.394 e. The number of benzene rings is 2. The molecule has 0 aliphatic rings. The van der Waals surface area contributed by atoms with Gasteiger partial charge in [0.25, 0.3) is 0 Å². The molecule has 0 radical (unpaired) electrons. The highest BCUT2D eigenvalue weighted by atomic mass is 19.3. The molecular formula is C21H18F2N4O2. The number of amides is 1. The first-order chi connectivity index (χ1) is 13.7. The highest BCUT2D eigenvalue weighted by molar-refractivity contribution is 5.96. The number of aryl methyl sites for hydroxylation is 1. The molecule has 1 N–H and O–H groups in total. The molecule has 1 aromatic heterocycles. The molecule has 0 aliphatic heterocycles. The average molecular weight is 396 g/mol. The van der Waals surface area contributed by atoms with Crippen LogP contribution in [0.2, 0.25) is 0 Å². The number of fused-ring (bicyclic) bond motifs is 1. The number of nitrogens with one attached hydrogen (secondary N) is 1. The molecule has 0 unspecified atom stereocenters. The summed E-state index contributed by atoms with van der Waals surface area (Å²) in [7, 11) is 1.77. The number of carbonyl (C=O) groups excluding carboxylic acids is 1. The fourth-order valence-electron chi connectivity index (χ4n) is 3.04. The van der Waals surface area contributed by atoms with Crippen LogP contribution in [0, 0.1) is 11.3 Å². The van der Waals surface area contributed by atoms with Crippen molar-refractivity contribution in [2.75, 3.05) is 0 Å². The SMILES string of the molecule is C=CC(=O)NCc1cc(-c2ccc(OC(C)(F)F)cc2)c2ncn(C)c2c1C#N. The summed E-state index contributed by atoms with van der Waals surface area (Å²) in [6.07, 6.45) is -0.533. The number of alkyl halides is 2. The van der Waals surface area contributed by atoms with Crippen LogP contribution in [0.4, 0.5) is 8.78 Å². The first kappa shape index (κ1) is 20.0. The summed E-state index contributed by atoms with van der Waals surface area (Å²) < 4.78 is 32.4. The Morgan fingerprint density at radius 1 is 1.41 bits per heavy atom. The van der Waals surface area contributed by atoms with Gasteiger partial charge < -0.3 is 14.6 Å². The van der Waals surface area contributed by atoms with Crippen molar-refractivity contribution in [2.45, 2.75) is 19.6 Å². The largest absolute Gasteiger partial charge is 0.433 e. The number of hydrogen-bond donors (Lipinski definition) is 1. The van der Waals surface area contributed by atoms with E-state index in [9.17, 15) is 18.8 Å². The van der Waals surface area contributed by atoms with Gasteiger partial charge in [0, 0.05) is 26.1 Å². The molecule has 29 heavy (non-hydrogen) atoms. The van der Waals surface area contributed by atoms with Gasteiger partial charge in [-0.1, -0.05) is 18.7 Å². The number of hydrogen-bond acceptors (Lipinski definition) is 4. The highest BCUT2D eigenvalue weighted by Gasteiger charge is 2.23. The van der Waals surface area contributed by atoms with E-state index >= 15 is 0 Å². The molecule has 6 nitrogen and oxygen atoms in total. The molecule has 1 heterocycles. The second-order valence-electron chi connectivity index (χ2n) is 6.48. The zero-order valence-electron chi connectivity index (χ0n) is 15.9. The van der Waals surface area contributed by atoms with Crippen molar-refractivity contribution in [3.05, 3.63) is 60.4 Å². The summed E-state index contributed by atoms with van der Waals surface area (Å²) in [5.74, 6) is -0.326. The molecule has 3 aromatic rings. The van der Waals surface area contributed by atoms with E-state index in [-0.39, 0.29) is 18.2 Å². The predicted molar refractivity (Wildman–Crippen MR) is 104 cm³/mol. The van der Waals surface area contributed by atoms with Crippen molar-refractivity contribution in [1.82, 2.24) is 14.9 Å². The minimum atomic E-state index is -3.28. The standard InChI is InChI=1S/C21H18F2N4O2/c1-4-18(28)25-11-14-9-16(19-20(17(14)10-24)27(3)12-26-19)13-5-7-15(8-6-13)29-21(2,22)23/h4-9,12H,1,11H2,2-3H3,(H,25,28). The summed E-state index contributed by atoms with van der Waals surface area (Å²) in [5.41, 5.74) is 3.64. The van der Waals surface area contributed by atoms with Crippen LogP contribution >= 0.6 is 0 Å². The van der Waals surface area contributed by atoms with Gasteiger partial charge in [-0.15, -0.1) is 0 Å². The number of nitrogens with zero attached hydrogens (tertiary/aromatic N) is 3. The third-order valence-corrected chi connectivity index (χ3v) is 4.28. The molecular weight excluding hydrogens is 378 g/mol. The Morgan fingerprint density at radius 2 is 2.10 bits per heavy atom. The van der Waals surface area contributed by atoms with E-state index in [0.29, 0.717) is 40.2 Å². The minimum Gasteiger partial charge on any atom is -0.433 e. The number of aromatic nitrogens is 2. The van der Waals surface area contributed by atoms with Crippen LogP contribution in [0.5, 0.6) is 5.75 Å². The van der Waals surface area contributed by atoms with Gasteiger partial charge in [-0.05, 0) is 35.4 Å². The van der Waals surface area contributed by atoms with Gasteiger partial charge >= 0.3 is 6.11 Å². The molecule has 2 aromatic carbocycles. The van der Waals surface area contributed by atoms with Crippen molar-refractivity contribution < 1.29 is 18.3 Å². The number of nitriles is 1. The summed E-state index contributed by atoms with van der Waals surface area (Å²) in [6, 6.07) is 10.1. The smallest absolute Gasteiger partial charge is 0.394 e. The monoisotopic (exact) mass is 396 g/mol. The zero-order chi connectivity index (χ0) is 21.2. The second kappa shape index (κ2) is 7.72. The first-order valence-corrected chi connectivity index (χ1v) is 8.68. The van der Waals surface area contributed by atoms with E-state index in [2.05, 4.69) is 27.7 Å². The van der Waals surface area contributed by atoms with Crippen LogP contribution in [-0.2, 0) is 18.4 Å². The molecule has 8 heteroatoms. The Labute approximate surface area is 166 Å². The number of ether oxygens (including phenoxy) is 1. The Balaban J connectivity index is 2.11. The molecule has 148 valence electrons. The van der Waals surface area contributed by atoms with Crippen molar-refractivity contribution >= 4 is 16.9 Å². The van der Waals surface area contributed by atoms with Gasteiger partial charge in [0.1, 0.15) is 11.8 Å². The van der Waals surface area contributed by atoms with Crippen LogP contribution in [0.25, 0.3) is 22.2 Å². The third-order valence-electron chi connectivity index (χ3n) is 4.28. The fraction of sp³-hybridized carbons (Fsp3) is 0.190. The van der Waals surface area contributed by atoms with E-state index < -0.39 is 6.11 Å². The maximum absolute atomic E-state index is 13.1. The highest BCUT2D eigenvalue weighted by Crippen LogP contribution is 2.33. The quantitative estimate of drug-likeness (QED) is 0.641. The van der Waals surface area contributed by atoms with Gasteiger partial charge in [0.05, 0.1) is 22.9 Å². The maximum atomic E-state index is 13.1. The van der Waals surface area contributed by atoms with Gasteiger partial charge in [0.2, 0.25) is 5.91 Å². The molecule has 0 aliphatic carbocycles. The Bertz CT molecular complexity index is 1120. The zero-order valence-corrected chi connectivity index (χ0v) is 15.9. The van der Waals surface area contributed by atoms with Crippen molar-refractivity contribution in [3.8, 4) is 22.9 Å². The summed E-state index contributed by atoms with van der Waals surface area (Å²) >= 11 is 0. The lowest BCUT2D eigenvalue weighted by Crippen LogP contribution is -2.20. The predicted octanol–water partition coefficient (Wildman–Crippen LogP) is 3.91. The molecule has 0 spiro atoms. The minimum absolute atomic E-state index is 0.0330. The topological polar surface area (TPSA) is 79.9 Å². The third kappa shape index (κ3) is 4.24. The van der Waals surface area contributed by atoms with Crippen LogP contribution in [-0.4, -0.2) is 21.6 Å². The normalized spacial score (nSPS) is 11.1. The van der Waals surface area contributed by atoms with Crippen LogP contribution in [0.15, 0.2) is 49.3 Å². The van der Waals surface area contributed by atoms with E-state index in [1.54, 1.807) is 36.1 Å². The molecule has 0 bridgehead atoms. The van der Waals surface area contributed by atoms with Crippen molar-refractivity contribution in [3.63, 3.8) is 0 Å². The average Bonchev–Trinajstić information content (AvgIpc) is 3.06. The van der Waals surface area contributed by atoms with Gasteiger partial charge in [-0.25, -0.2) is 4.98 Å². The van der Waals surface area contributed by atoms with Gasteiger partial charge in [0.15, 0.2) is 0 Å². The van der Waals surface area contributed by atoms with Crippen LogP contribution in [0.3, 0.4) is 0 Å².